The zero-order valence-electron chi connectivity index (χ0n) is 14.4. The second-order valence-corrected chi connectivity index (χ2v) is 7.59. The first-order valence-corrected chi connectivity index (χ1v) is 9.76. The van der Waals surface area contributed by atoms with Crippen LogP contribution >= 0.6 is 11.3 Å². The summed E-state index contributed by atoms with van der Waals surface area (Å²) >= 11 is 1.40. The van der Waals surface area contributed by atoms with E-state index in [1.807, 2.05) is 4.90 Å². The lowest BCUT2D eigenvalue weighted by Crippen LogP contribution is -2.40. The fourth-order valence-corrected chi connectivity index (χ4v) is 4.29. The van der Waals surface area contributed by atoms with Crippen LogP contribution in [0.4, 0.5) is 4.39 Å². The quantitative estimate of drug-likeness (QED) is 0.807. The maximum atomic E-state index is 13.1. The van der Waals surface area contributed by atoms with E-state index in [0.29, 0.717) is 25.4 Å². The molecule has 0 atom stereocenters. The predicted molar refractivity (Wildman–Crippen MR) is 96.8 cm³/mol. The van der Waals surface area contributed by atoms with Gasteiger partial charge >= 0.3 is 0 Å². The average Bonchev–Trinajstić information content (AvgIpc) is 3.07. The number of thiazole rings is 1. The molecule has 2 saturated heterocycles. The fourth-order valence-electron chi connectivity index (χ4n) is 3.49. The zero-order valence-corrected chi connectivity index (χ0v) is 15.3. The molecule has 0 radical (unpaired) electrons. The Labute approximate surface area is 155 Å². The molecule has 1 aromatic heterocycles. The highest BCUT2D eigenvalue weighted by atomic mass is 32.1. The van der Waals surface area contributed by atoms with Gasteiger partial charge in [0.2, 0.25) is 0 Å². The van der Waals surface area contributed by atoms with Crippen molar-refractivity contribution < 1.29 is 18.7 Å². The molecule has 4 rings (SSSR count). The third-order valence-electron chi connectivity index (χ3n) is 5.11. The molecule has 7 heteroatoms. The Morgan fingerprint density at radius 1 is 1.12 bits per heavy atom. The van der Waals surface area contributed by atoms with E-state index in [2.05, 4.69) is 4.98 Å². The number of rotatable bonds is 2. The number of hydrogen-bond acceptors (Lipinski definition) is 5. The summed E-state index contributed by atoms with van der Waals surface area (Å²) in [6, 6.07) is 6.16. The highest BCUT2D eigenvalue weighted by Crippen LogP contribution is 2.31. The normalized spacial score (nSPS) is 20.1. The standard InChI is InChI=1S/C19H21FN2O3S/c20-15-3-1-14(2-4-15)17-21-16(13-26-17)18(23)22-8-5-19(25-12-9-22)6-10-24-11-7-19/h1-4,13H,5-12H2. The van der Waals surface area contributed by atoms with E-state index in [9.17, 15) is 9.18 Å². The fraction of sp³-hybridized carbons (Fsp3) is 0.474. The minimum atomic E-state index is -0.284. The van der Waals surface area contributed by atoms with Crippen LogP contribution < -0.4 is 0 Å². The van der Waals surface area contributed by atoms with E-state index in [-0.39, 0.29) is 17.3 Å². The number of hydrogen-bond donors (Lipinski definition) is 0. The molecule has 5 nitrogen and oxygen atoms in total. The van der Waals surface area contributed by atoms with Crippen LogP contribution in [0, 0.1) is 5.82 Å². The van der Waals surface area contributed by atoms with Crippen LogP contribution in [0.5, 0.6) is 0 Å². The van der Waals surface area contributed by atoms with Gasteiger partial charge in [0.25, 0.3) is 5.91 Å². The zero-order chi connectivity index (χ0) is 18.0. The Morgan fingerprint density at radius 2 is 1.88 bits per heavy atom. The molecule has 3 heterocycles. The largest absolute Gasteiger partial charge is 0.381 e. The molecule has 2 aliphatic rings. The monoisotopic (exact) mass is 376 g/mol. The predicted octanol–water partition coefficient (Wildman–Crippen LogP) is 3.36. The minimum Gasteiger partial charge on any atom is -0.381 e. The topological polar surface area (TPSA) is 51.7 Å². The molecule has 1 amide bonds. The summed E-state index contributed by atoms with van der Waals surface area (Å²) in [5.74, 6) is -0.351. The molecule has 2 aliphatic heterocycles. The number of carbonyl (C=O) groups is 1. The van der Waals surface area contributed by atoms with Crippen molar-refractivity contribution in [2.75, 3.05) is 32.9 Å². The smallest absolute Gasteiger partial charge is 0.273 e. The Hall–Kier alpha value is -1.83. The summed E-state index contributed by atoms with van der Waals surface area (Å²) in [5, 5.41) is 2.50. The Morgan fingerprint density at radius 3 is 2.65 bits per heavy atom. The van der Waals surface area contributed by atoms with Crippen molar-refractivity contribution in [3.63, 3.8) is 0 Å². The molecule has 138 valence electrons. The van der Waals surface area contributed by atoms with Crippen LogP contribution in [-0.2, 0) is 9.47 Å². The molecule has 0 bridgehead atoms. The van der Waals surface area contributed by atoms with E-state index in [1.165, 1.54) is 23.5 Å². The molecule has 1 aromatic carbocycles. The van der Waals surface area contributed by atoms with Crippen LogP contribution in [0.15, 0.2) is 29.6 Å². The van der Waals surface area contributed by atoms with Gasteiger partial charge in [-0.3, -0.25) is 4.79 Å². The molecule has 26 heavy (non-hydrogen) atoms. The lowest BCUT2D eigenvalue weighted by molar-refractivity contribution is -0.105. The Kier molecular flexibility index (Phi) is 5.02. The van der Waals surface area contributed by atoms with Crippen molar-refractivity contribution in [2.24, 2.45) is 0 Å². The van der Waals surface area contributed by atoms with Crippen molar-refractivity contribution in [1.82, 2.24) is 9.88 Å². The van der Waals surface area contributed by atoms with Crippen LogP contribution in [0.2, 0.25) is 0 Å². The Bertz CT molecular complexity index is 771. The van der Waals surface area contributed by atoms with Crippen molar-refractivity contribution in [3.05, 3.63) is 41.2 Å². The van der Waals surface area contributed by atoms with Crippen molar-refractivity contribution in [2.45, 2.75) is 24.9 Å². The number of carbonyl (C=O) groups excluding carboxylic acids is 1. The van der Waals surface area contributed by atoms with Crippen LogP contribution in [0.3, 0.4) is 0 Å². The minimum absolute atomic E-state index is 0.0673. The van der Waals surface area contributed by atoms with Gasteiger partial charge in [0.1, 0.15) is 16.5 Å². The highest BCUT2D eigenvalue weighted by Gasteiger charge is 2.36. The van der Waals surface area contributed by atoms with Crippen molar-refractivity contribution in [1.29, 1.82) is 0 Å². The number of aromatic nitrogens is 1. The van der Waals surface area contributed by atoms with Gasteiger partial charge in [-0.05, 0) is 43.5 Å². The van der Waals surface area contributed by atoms with E-state index >= 15 is 0 Å². The molecule has 0 N–H and O–H groups in total. The number of amides is 1. The molecule has 0 aliphatic carbocycles. The van der Waals surface area contributed by atoms with Gasteiger partial charge in [0.05, 0.1) is 12.2 Å². The van der Waals surface area contributed by atoms with Gasteiger partial charge in [-0.1, -0.05) is 0 Å². The summed E-state index contributed by atoms with van der Waals surface area (Å²) in [7, 11) is 0. The molecular formula is C19H21FN2O3S. The maximum absolute atomic E-state index is 13.1. The average molecular weight is 376 g/mol. The first-order chi connectivity index (χ1) is 12.7. The SMILES string of the molecule is O=C(c1csc(-c2ccc(F)cc2)n1)N1CCOC2(CCOCC2)CC1. The molecule has 0 saturated carbocycles. The summed E-state index contributed by atoms with van der Waals surface area (Å²) in [6.07, 6.45) is 2.61. The lowest BCUT2D eigenvalue weighted by atomic mass is 9.90. The van der Waals surface area contributed by atoms with Gasteiger partial charge in [0, 0.05) is 37.2 Å². The van der Waals surface area contributed by atoms with Gasteiger partial charge in [-0.25, -0.2) is 9.37 Å². The number of ether oxygens (including phenoxy) is 2. The van der Waals surface area contributed by atoms with Gasteiger partial charge in [-0.15, -0.1) is 11.3 Å². The van der Waals surface area contributed by atoms with Crippen LogP contribution in [-0.4, -0.2) is 54.3 Å². The summed E-state index contributed by atoms with van der Waals surface area (Å²) < 4.78 is 24.6. The van der Waals surface area contributed by atoms with Gasteiger partial charge in [-0.2, -0.15) is 0 Å². The molecule has 0 unspecified atom stereocenters. The lowest BCUT2D eigenvalue weighted by Gasteiger charge is -2.35. The first-order valence-electron chi connectivity index (χ1n) is 8.88. The summed E-state index contributed by atoms with van der Waals surface area (Å²) in [5.41, 5.74) is 1.11. The third-order valence-corrected chi connectivity index (χ3v) is 6.00. The third kappa shape index (κ3) is 3.65. The van der Waals surface area contributed by atoms with Gasteiger partial charge in [0.15, 0.2) is 0 Å². The molecule has 2 aromatic rings. The number of nitrogens with zero attached hydrogens (tertiary/aromatic N) is 2. The van der Waals surface area contributed by atoms with Crippen LogP contribution in [0.1, 0.15) is 29.8 Å². The van der Waals surface area contributed by atoms with Crippen molar-refractivity contribution in [3.8, 4) is 10.6 Å². The highest BCUT2D eigenvalue weighted by molar-refractivity contribution is 7.13. The summed E-state index contributed by atoms with van der Waals surface area (Å²) in [4.78, 5) is 19.1. The van der Waals surface area contributed by atoms with Crippen molar-refractivity contribution >= 4 is 17.2 Å². The molecule has 1 spiro atoms. The second-order valence-electron chi connectivity index (χ2n) is 6.73. The van der Waals surface area contributed by atoms with E-state index in [1.54, 1.807) is 17.5 Å². The van der Waals surface area contributed by atoms with E-state index in [0.717, 1.165) is 43.0 Å². The van der Waals surface area contributed by atoms with E-state index < -0.39 is 0 Å². The number of benzene rings is 1. The number of halogens is 1. The second kappa shape index (κ2) is 7.42. The first kappa shape index (κ1) is 17.6. The summed E-state index contributed by atoms with van der Waals surface area (Å²) in [6.45, 7) is 3.23. The molecule has 2 fully saturated rings. The Balaban J connectivity index is 1.45. The maximum Gasteiger partial charge on any atom is 0.273 e. The van der Waals surface area contributed by atoms with Crippen LogP contribution in [0.25, 0.3) is 10.6 Å². The molecular weight excluding hydrogens is 355 g/mol. The van der Waals surface area contributed by atoms with E-state index in [4.69, 9.17) is 9.47 Å². The van der Waals surface area contributed by atoms with Gasteiger partial charge < -0.3 is 14.4 Å².